The van der Waals surface area contributed by atoms with Gasteiger partial charge in [-0.05, 0) is 49.2 Å². The second kappa shape index (κ2) is 9.79. The number of nitrogens with zero attached hydrogens (tertiary/aromatic N) is 1. The van der Waals surface area contributed by atoms with E-state index in [4.69, 9.17) is 21.1 Å². The molecule has 0 saturated heterocycles. The van der Waals surface area contributed by atoms with Crippen LogP contribution in [0, 0.1) is 0 Å². The monoisotopic (exact) mass is 441 g/mol. The number of carbonyl (C=O) groups is 3. The average Bonchev–Trinajstić information content (AvgIpc) is 2.76. The Hall–Kier alpha value is -3.12. The van der Waals surface area contributed by atoms with Gasteiger partial charge in [-0.15, -0.1) is 0 Å². The third kappa shape index (κ3) is 4.97. The van der Waals surface area contributed by atoms with Crippen LogP contribution in [0.4, 0.5) is 0 Å². The number of amides is 1. The highest BCUT2D eigenvalue weighted by Gasteiger charge is 2.36. The Bertz CT molecular complexity index is 1030. The molecule has 0 aromatic heterocycles. The van der Waals surface area contributed by atoms with E-state index in [1.54, 1.807) is 49.1 Å². The minimum Gasteiger partial charge on any atom is -0.465 e. The standard InChI is InChI=1S/C24H24ClNO5/c1-4-31-24(29)22-15(2)26(14-16-6-5-7-18(12-16)23(28)30-3)21(27)13-20(22)17-8-10-19(25)11-9-17/h5-12,20H,4,13-14H2,1-3H3. The van der Waals surface area contributed by atoms with Crippen molar-refractivity contribution in [3.63, 3.8) is 0 Å². The van der Waals surface area contributed by atoms with Gasteiger partial charge in [0, 0.05) is 23.1 Å². The van der Waals surface area contributed by atoms with Gasteiger partial charge in [0.15, 0.2) is 0 Å². The highest BCUT2D eigenvalue weighted by Crippen LogP contribution is 2.38. The molecule has 0 saturated carbocycles. The zero-order chi connectivity index (χ0) is 22.5. The van der Waals surface area contributed by atoms with E-state index >= 15 is 0 Å². The van der Waals surface area contributed by atoms with Crippen molar-refractivity contribution >= 4 is 29.4 Å². The molecule has 3 rings (SSSR count). The van der Waals surface area contributed by atoms with E-state index in [9.17, 15) is 14.4 Å². The maximum absolute atomic E-state index is 13.1. The Labute approximate surface area is 186 Å². The number of ether oxygens (including phenoxy) is 2. The van der Waals surface area contributed by atoms with Gasteiger partial charge in [0.05, 0.1) is 31.4 Å². The number of hydrogen-bond acceptors (Lipinski definition) is 5. The van der Waals surface area contributed by atoms with Gasteiger partial charge in [0.2, 0.25) is 5.91 Å². The molecule has 0 aliphatic carbocycles. The SMILES string of the molecule is CCOC(=O)C1=C(C)N(Cc2cccc(C(=O)OC)c2)C(=O)CC1c1ccc(Cl)cc1. The van der Waals surface area contributed by atoms with E-state index in [2.05, 4.69) is 0 Å². The summed E-state index contributed by atoms with van der Waals surface area (Å²) in [6.45, 7) is 3.95. The number of halogens is 1. The molecule has 1 unspecified atom stereocenters. The van der Waals surface area contributed by atoms with E-state index in [1.165, 1.54) is 7.11 Å². The summed E-state index contributed by atoms with van der Waals surface area (Å²) in [6, 6.07) is 14.0. The number of carbonyl (C=O) groups excluding carboxylic acids is 3. The molecule has 31 heavy (non-hydrogen) atoms. The van der Waals surface area contributed by atoms with Crippen molar-refractivity contribution in [3.8, 4) is 0 Å². The summed E-state index contributed by atoms with van der Waals surface area (Å²) in [5, 5.41) is 0.580. The summed E-state index contributed by atoms with van der Waals surface area (Å²) in [5.41, 5.74) is 2.97. The van der Waals surface area contributed by atoms with Crippen molar-refractivity contribution in [3.05, 3.63) is 81.5 Å². The normalized spacial score (nSPS) is 16.3. The number of rotatable bonds is 6. The Morgan fingerprint density at radius 2 is 1.84 bits per heavy atom. The van der Waals surface area contributed by atoms with Crippen LogP contribution in [0.15, 0.2) is 59.8 Å². The first-order chi connectivity index (χ1) is 14.8. The van der Waals surface area contributed by atoms with Crippen LogP contribution in [-0.2, 0) is 25.6 Å². The van der Waals surface area contributed by atoms with Crippen LogP contribution in [0.2, 0.25) is 5.02 Å². The van der Waals surface area contributed by atoms with Crippen LogP contribution in [0.3, 0.4) is 0 Å². The lowest BCUT2D eigenvalue weighted by molar-refractivity contribution is -0.140. The highest BCUT2D eigenvalue weighted by molar-refractivity contribution is 6.30. The third-order valence-electron chi connectivity index (χ3n) is 5.28. The lowest BCUT2D eigenvalue weighted by atomic mass is 9.83. The lowest BCUT2D eigenvalue weighted by Crippen LogP contribution is -2.38. The fourth-order valence-corrected chi connectivity index (χ4v) is 3.88. The molecule has 0 radical (unpaired) electrons. The van der Waals surface area contributed by atoms with Crippen molar-refractivity contribution in [1.29, 1.82) is 0 Å². The maximum atomic E-state index is 13.1. The zero-order valence-corrected chi connectivity index (χ0v) is 18.4. The number of esters is 2. The Kier molecular flexibility index (Phi) is 7.13. The largest absolute Gasteiger partial charge is 0.465 e. The first-order valence-electron chi connectivity index (χ1n) is 9.96. The highest BCUT2D eigenvalue weighted by atomic mass is 35.5. The molecule has 7 heteroatoms. The minimum absolute atomic E-state index is 0.117. The summed E-state index contributed by atoms with van der Waals surface area (Å²) in [4.78, 5) is 39.3. The summed E-state index contributed by atoms with van der Waals surface area (Å²) in [7, 11) is 1.32. The lowest BCUT2D eigenvalue weighted by Gasteiger charge is -2.34. The first-order valence-corrected chi connectivity index (χ1v) is 10.3. The van der Waals surface area contributed by atoms with E-state index in [1.807, 2.05) is 18.2 Å². The van der Waals surface area contributed by atoms with Crippen molar-refractivity contribution in [2.75, 3.05) is 13.7 Å². The van der Waals surface area contributed by atoms with Crippen LogP contribution in [0.25, 0.3) is 0 Å². The number of allylic oxidation sites excluding steroid dienone is 1. The Balaban J connectivity index is 2.00. The van der Waals surface area contributed by atoms with Gasteiger partial charge in [-0.3, -0.25) is 4.79 Å². The summed E-state index contributed by atoms with van der Waals surface area (Å²) >= 11 is 6.00. The predicted molar refractivity (Wildman–Crippen MR) is 116 cm³/mol. The summed E-state index contributed by atoms with van der Waals surface area (Å²) < 4.78 is 10.1. The summed E-state index contributed by atoms with van der Waals surface area (Å²) in [6.07, 6.45) is 0.129. The number of methoxy groups -OCH3 is 1. The smallest absolute Gasteiger partial charge is 0.337 e. The van der Waals surface area contributed by atoms with E-state index in [0.29, 0.717) is 21.9 Å². The molecule has 1 heterocycles. The molecule has 2 aromatic rings. The molecule has 0 fully saturated rings. The fourth-order valence-electron chi connectivity index (χ4n) is 3.75. The molecule has 0 N–H and O–H groups in total. The van der Waals surface area contributed by atoms with Crippen LogP contribution < -0.4 is 0 Å². The van der Waals surface area contributed by atoms with Crippen molar-refractivity contribution in [1.82, 2.24) is 4.90 Å². The minimum atomic E-state index is -0.450. The molecule has 1 atom stereocenters. The van der Waals surface area contributed by atoms with Gasteiger partial charge >= 0.3 is 11.9 Å². The van der Waals surface area contributed by atoms with E-state index in [-0.39, 0.29) is 25.5 Å². The molecule has 6 nitrogen and oxygen atoms in total. The van der Waals surface area contributed by atoms with Crippen molar-refractivity contribution in [2.45, 2.75) is 32.7 Å². The average molecular weight is 442 g/mol. The van der Waals surface area contributed by atoms with E-state index in [0.717, 1.165) is 11.1 Å². The van der Waals surface area contributed by atoms with Crippen LogP contribution in [0.1, 0.15) is 47.7 Å². The second-order valence-electron chi connectivity index (χ2n) is 7.20. The van der Waals surface area contributed by atoms with Crippen molar-refractivity contribution in [2.24, 2.45) is 0 Å². The van der Waals surface area contributed by atoms with Crippen LogP contribution in [0.5, 0.6) is 0 Å². The van der Waals surface area contributed by atoms with Gasteiger partial charge in [0.1, 0.15) is 0 Å². The van der Waals surface area contributed by atoms with Gasteiger partial charge in [-0.25, -0.2) is 9.59 Å². The molecular formula is C24H24ClNO5. The Morgan fingerprint density at radius 1 is 1.13 bits per heavy atom. The zero-order valence-electron chi connectivity index (χ0n) is 17.7. The van der Waals surface area contributed by atoms with Gasteiger partial charge in [0.25, 0.3) is 0 Å². The second-order valence-corrected chi connectivity index (χ2v) is 7.64. The molecule has 1 aliphatic rings. The van der Waals surface area contributed by atoms with Gasteiger partial charge in [-0.2, -0.15) is 0 Å². The molecule has 1 amide bonds. The molecular weight excluding hydrogens is 418 g/mol. The summed E-state index contributed by atoms with van der Waals surface area (Å²) in [5.74, 6) is -1.43. The molecule has 0 bridgehead atoms. The molecule has 2 aromatic carbocycles. The first kappa shape index (κ1) is 22.6. The van der Waals surface area contributed by atoms with Gasteiger partial charge < -0.3 is 14.4 Å². The Morgan fingerprint density at radius 3 is 2.48 bits per heavy atom. The fraction of sp³-hybridized carbons (Fsp3) is 0.292. The van der Waals surface area contributed by atoms with E-state index < -0.39 is 17.9 Å². The topological polar surface area (TPSA) is 72.9 Å². The molecule has 1 aliphatic heterocycles. The number of hydrogen-bond donors (Lipinski definition) is 0. The van der Waals surface area contributed by atoms with Gasteiger partial charge in [-0.1, -0.05) is 35.9 Å². The van der Waals surface area contributed by atoms with Crippen LogP contribution in [-0.4, -0.2) is 36.5 Å². The third-order valence-corrected chi connectivity index (χ3v) is 5.53. The van der Waals surface area contributed by atoms with Crippen molar-refractivity contribution < 1.29 is 23.9 Å². The predicted octanol–water partition coefficient (Wildman–Crippen LogP) is 4.48. The molecule has 162 valence electrons. The number of benzene rings is 2. The maximum Gasteiger partial charge on any atom is 0.337 e. The quantitative estimate of drug-likeness (QED) is 0.618. The van der Waals surface area contributed by atoms with Crippen LogP contribution >= 0.6 is 11.6 Å². The molecule has 0 spiro atoms.